The van der Waals surface area contributed by atoms with Gasteiger partial charge in [0.05, 0.1) is 16.0 Å². The molecule has 0 saturated carbocycles. The van der Waals surface area contributed by atoms with Crippen LogP contribution in [0.4, 0.5) is 0 Å². The van der Waals surface area contributed by atoms with Gasteiger partial charge in [-0.25, -0.2) is 17.2 Å². The number of benzene rings is 2. The number of nitrogens with one attached hydrogen (secondary N) is 1. The van der Waals surface area contributed by atoms with Crippen LogP contribution in [0.25, 0.3) is 10.9 Å². The van der Waals surface area contributed by atoms with Crippen molar-refractivity contribution in [3.8, 4) is 0 Å². The summed E-state index contributed by atoms with van der Waals surface area (Å²) in [6, 6.07) is 13.5. The molecule has 0 aliphatic carbocycles. The fourth-order valence-electron chi connectivity index (χ4n) is 5.20. The van der Waals surface area contributed by atoms with E-state index in [2.05, 4.69) is 10.2 Å². The molecule has 1 aromatic heterocycles. The second kappa shape index (κ2) is 9.65. The molecule has 9 heteroatoms. The normalized spacial score (nSPS) is 22.2. The third-order valence-corrected chi connectivity index (χ3v) is 8.55. The van der Waals surface area contributed by atoms with E-state index in [0.29, 0.717) is 35.8 Å². The number of carboxylic acids is 1. The summed E-state index contributed by atoms with van der Waals surface area (Å²) < 4.78 is 27.9. The van der Waals surface area contributed by atoms with Gasteiger partial charge in [0, 0.05) is 24.2 Å². The van der Waals surface area contributed by atoms with E-state index < -0.39 is 16.0 Å². The van der Waals surface area contributed by atoms with Crippen molar-refractivity contribution in [1.82, 2.24) is 14.2 Å². The number of nitrogens with zero attached hydrogens (tertiary/aromatic N) is 2. The van der Waals surface area contributed by atoms with Crippen LogP contribution in [-0.4, -0.2) is 79.4 Å². The maximum atomic E-state index is 13.3. The molecule has 170 valence electrons. The molecule has 3 aromatic rings. The first kappa shape index (κ1) is 24.1. The number of carboxylic acid groups (broad SMARTS) is 1. The van der Waals surface area contributed by atoms with E-state index in [0.717, 1.165) is 12.1 Å². The van der Waals surface area contributed by atoms with Crippen molar-refractivity contribution in [2.75, 3.05) is 26.2 Å². The predicted molar refractivity (Wildman–Crippen MR) is 130 cm³/mol. The van der Waals surface area contributed by atoms with Crippen LogP contribution >= 0.6 is 0 Å². The second-order valence-corrected chi connectivity index (χ2v) is 10.5. The average molecular weight is 462 g/mol. The van der Waals surface area contributed by atoms with E-state index >= 15 is 0 Å². The van der Waals surface area contributed by atoms with Crippen LogP contribution < -0.4 is 5.32 Å². The van der Waals surface area contributed by atoms with Gasteiger partial charge in [-0.2, -0.15) is 0 Å². The van der Waals surface area contributed by atoms with Gasteiger partial charge in [-0.3, -0.25) is 0 Å². The Hall–Kier alpha value is -2.08. The SMILES string of the molecule is O=C(O)c1cccc2c1c(CCNC1CN3CCC1CC3)cn2S(=O)(=O)c1ccccc1.[LiH]. The maximum absolute atomic E-state index is 13.3. The molecule has 1 unspecified atom stereocenters. The van der Waals surface area contributed by atoms with Gasteiger partial charge in [-0.05, 0) is 74.6 Å². The summed E-state index contributed by atoms with van der Waals surface area (Å²) in [5.74, 6) is -0.369. The van der Waals surface area contributed by atoms with Gasteiger partial charge in [0.15, 0.2) is 0 Å². The fourth-order valence-corrected chi connectivity index (χ4v) is 6.60. The van der Waals surface area contributed by atoms with Crippen LogP contribution in [0.5, 0.6) is 0 Å². The molecular weight excluding hydrogens is 433 g/mol. The van der Waals surface area contributed by atoms with Crippen LogP contribution in [0.3, 0.4) is 0 Å². The van der Waals surface area contributed by atoms with Gasteiger partial charge in [-0.1, -0.05) is 24.3 Å². The molecule has 2 N–H and O–H groups in total. The Kier molecular flexibility index (Phi) is 7.03. The topological polar surface area (TPSA) is 91.6 Å². The number of carbonyl (C=O) groups is 1. The Balaban J connectivity index is 0.00000259. The first-order chi connectivity index (χ1) is 15.4. The van der Waals surface area contributed by atoms with E-state index in [9.17, 15) is 18.3 Å². The van der Waals surface area contributed by atoms with Crippen LogP contribution in [0.15, 0.2) is 59.6 Å². The standard InChI is InChI=1S/C24H27N3O4S.Li.H/c28-24(29)20-7-4-8-22-23(20)18(9-12-25-21-16-26-13-10-17(21)11-14-26)15-27(22)32(30,31)19-5-2-1-3-6-19;;/h1-8,15,17,21,25H,9-14,16H2,(H,28,29);;. The van der Waals surface area contributed by atoms with E-state index in [1.807, 2.05) is 0 Å². The number of piperidine rings is 3. The molecular formula is C24H28LiN3O4S. The Labute approximate surface area is 206 Å². The molecule has 0 spiro atoms. The first-order valence-corrected chi connectivity index (χ1v) is 12.5. The van der Waals surface area contributed by atoms with Gasteiger partial charge < -0.3 is 15.3 Å². The molecule has 2 aromatic carbocycles. The molecule has 2 bridgehead atoms. The summed E-state index contributed by atoms with van der Waals surface area (Å²) in [5, 5.41) is 13.9. The molecule has 33 heavy (non-hydrogen) atoms. The second-order valence-electron chi connectivity index (χ2n) is 8.72. The van der Waals surface area contributed by atoms with Crippen molar-refractivity contribution < 1.29 is 18.3 Å². The number of aromatic carboxylic acids is 1. The Morgan fingerprint density at radius 2 is 1.79 bits per heavy atom. The number of hydrogen-bond donors (Lipinski definition) is 2. The summed E-state index contributed by atoms with van der Waals surface area (Å²) in [5.41, 5.74) is 1.25. The van der Waals surface area contributed by atoms with Gasteiger partial charge in [0.2, 0.25) is 0 Å². The van der Waals surface area contributed by atoms with Crippen LogP contribution in [-0.2, 0) is 16.4 Å². The molecule has 7 nitrogen and oxygen atoms in total. The van der Waals surface area contributed by atoms with E-state index in [1.165, 1.54) is 36.0 Å². The molecule has 4 heterocycles. The molecule has 6 rings (SSSR count). The Bertz CT molecular complexity index is 1250. The van der Waals surface area contributed by atoms with Crippen molar-refractivity contribution in [2.24, 2.45) is 5.92 Å². The van der Waals surface area contributed by atoms with Crippen LogP contribution in [0.2, 0.25) is 0 Å². The zero-order valence-corrected chi connectivity index (χ0v) is 18.6. The van der Waals surface area contributed by atoms with Crippen LogP contribution in [0.1, 0.15) is 28.8 Å². The molecule has 3 saturated heterocycles. The minimum absolute atomic E-state index is 0. The molecule has 1 atom stereocenters. The summed E-state index contributed by atoms with van der Waals surface area (Å²) >= 11 is 0. The van der Waals surface area contributed by atoms with E-state index in [4.69, 9.17) is 0 Å². The third-order valence-electron chi connectivity index (χ3n) is 6.86. The Morgan fingerprint density at radius 1 is 1.06 bits per heavy atom. The van der Waals surface area contributed by atoms with Crippen molar-refractivity contribution in [1.29, 1.82) is 0 Å². The summed E-state index contributed by atoms with van der Waals surface area (Å²) in [4.78, 5) is 14.6. The quantitative estimate of drug-likeness (QED) is 0.524. The van der Waals surface area contributed by atoms with Gasteiger partial charge in [-0.15, -0.1) is 0 Å². The first-order valence-electron chi connectivity index (χ1n) is 11.1. The molecule has 3 fully saturated rings. The third kappa shape index (κ3) is 4.51. The minimum atomic E-state index is -3.84. The molecule has 0 radical (unpaired) electrons. The van der Waals surface area contributed by atoms with Gasteiger partial charge in [0.1, 0.15) is 0 Å². The fraction of sp³-hybridized carbons (Fsp3) is 0.375. The number of rotatable bonds is 7. The number of hydrogen-bond acceptors (Lipinski definition) is 5. The molecule has 0 amide bonds. The van der Waals surface area contributed by atoms with E-state index in [-0.39, 0.29) is 29.3 Å². The zero-order chi connectivity index (χ0) is 22.3. The average Bonchev–Trinajstić information content (AvgIpc) is 3.20. The number of fused-ring (bicyclic) bond motifs is 4. The van der Waals surface area contributed by atoms with Crippen molar-refractivity contribution in [3.05, 3.63) is 65.9 Å². The zero-order valence-electron chi connectivity index (χ0n) is 17.8. The van der Waals surface area contributed by atoms with Crippen molar-refractivity contribution >= 4 is 45.8 Å². The summed E-state index contributed by atoms with van der Waals surface area (Å²) in [6.45, 7) is 4.08. The monoisotopic (exact) mass is 461 g/mol. The van der Waals surface area contributed by atoms with E-state index in [1.54, 1.807) is 48.7 Å². The van der Waals surface area contributed by atoms with Gasteiger partial charge in [0.25, 0.3) is 10.0 Å². The van der Waals surface area contributed by atoms with Crippen LogP contribution in [0, 0.1) is 5.92 Å². The van der Waals surface area contributed by atoms with Crippen molar-refractivity contribution in [2.45, 2.75) is 30.2 Å². The predicted octanol–water partition coefficient (Wildman–Crippen LogP) is 2.15. The summed E-state index contributed by atoms with van der Waals surface area (Å²) in [7, 11) is -3.84. The number of aromatic nitrogens is 1. The Morgan fingerprint density at radius 3 is 2.42 bits per heavy atom. The van der Waals surface area contributed by atoms with Gasteiger partial charge >= 0.3 is 24.8 Å². The molecule has 3 aliphatic heterocycles. The summed E-state index contributed by atoms with van der Waals surface area (Å²) in [6.07, 6.45) is 4.59. The van der Waals surface area contributed by atoms with Crippen molar-refractivity contribution in [3.63, 3.8) is 0 Å². The molecule has 3 aliphatic rings.